The number of halogens is 1. The molecule has 1 aliphatic heterocycles. The molecule has 3 aliphatic rings. The molecule has 1 aromatic heterocycles. The van der Waals surface area contributed by atoms with Crippen LogP contribution in [-0.4, -0.2) is 96.5 Å². The molecule has 2 heterocycles. The fourth-order valence-electron chi connectivity index (χ4n) is 6.15. The van der Waals surface area contributed by atoms with Crippen molar-refractivity contribution in [1.29, 1.82) is 0 Å². The molecule has 0 radical (unpaired) electrons. The number of fused-ring (bicyclic) bond motifs is 3. The summed E-state index contributed by atoms with van der Waals surface area (Å²) in [6.07, 6.45) is -4.37. The number of aliphatic hydroxyl groups is 3. The highest BCUT2D eigenvalue weighted by Gasteiger charge is 2.50. The first kappa shape index (κ1) is 34.6. The van der Waals surface area contributed by atoms with Crippen molar-refractivity contribution >= 4 is 17.3 Å². The minimum Gasteiger partial charge on any atom is -0.507 e. The van der Waals surface area contributed by atoms with E-state index in [4.69, 9.17) is 19.9 Å². The third kappa shape index (κ3) is 5.91. The summed E-state index contributed by atoms with van der Waals surface area (Å²) in [7, 11) is 1.32. The van der Waals surface area contributed by atoms with Crippen LogP contribution < -0.4 is 21.7 Å². The third-order valence-corrected chi connectivity index (χ3v) is 8.59. The van der Waals surface area contributed by atoms with Gasteiger partial charge in [0.2, 0.25) is 5.78 Å². The Bertz CT molecular complexity index is 1910. The number of aromatic hydroxyl groups is 2. The molecule has 16 nitrogen and oxygen atoms in total. The number of nitrogens with one attached hydrogen (secondary N) is 1. The molecule has 0 bridgehead atoms. The van der Waals surface area contributed by atoms with Crippen molar-refractivity contribution in [2.24, 2.45) is 5.73 Å². The van der Waals surface area contributed by atoms with Crippen molar-refractivity contribution in [2.45, 2.75) is 62.4 Å². The lowest BCUT2D eigenvalue weighted by molar-refractivity contribution is -0.247. The second-order valence-electron chi connectivity index (χ2n) is 11.6. The van der Waals surface area contributed by atoms with E-state index >= 15 is 0 Å². The van der Waals surface area contributed by atoms with Crippen LogP contribution in [0.1, 0.15) is 68.8 Å². The first-order chi connectivity index (χ1) is 22.6. The summed E-state index contributed by atoms with van der Waals surface area (Å²) in [6, 6.07) is 4.55. The predicted octanol–water partition coefficient (Wildman–Crippen LogP) is -0.729. The van der Waals surface area contributed by atoms with Gasteiger partial charge in [0.15, 0.2) is 17.9 Å². The van der Waals surface area contributed by atoms with Gasteiger partial charge in [-0.25, -0.2) is 4.79 Å². The number of H-pyrrole nitrogens is 1. The fraction of sp³-hybridized carbons (Fsp3) is 0.387. The maximum atomic E-state index is 13.6. The quantitative estimate of drug-likeness (QED) is 0.129. The van der Waals surface area contributed by atoms with Crippen molar-refractivity contribution < 1.29 is 58.6 Å². The maximum Gasteiger partial charge on any atom is 0.356 e. The van der Waals surface area contributed by atoms with Crippen LogP contribution >= 0.6 is 0 Å². The zero-order chi connectivity index (χ0) is 35.2. The summed E-state index contributed by atoms with van der Waals surface area (Å²) >= 11 is 0. The van der Waals surface area contributed by atoms with Gasteiger partial charge < -0.3 is 45.5 Å². The van der Waals surface area contributed by atoms with Crippen molar-refractivity contribution in [1.82, 2.24) is 9.77 Å². The van der Waals surface area contributed by atoms with Crippen LogP contribution in [0.3, 0.4) is 0 Å². The molecule has 1 fully saturated rings. The van der Waals surface area contributed by atoms with Gasteiger partial charge >= 0.3 is 5.69 Å². The maximum absolute atomic E-state index is 13.6. The van der Waals surface area contributed by atoms with E-state index in [0.717, 1.165) is 12.3 Å². The van der Waals surface area contributed by atoms with Crippen LogP contribution in [0.5, 0.6) is 17.2 Å². The highest BCUT2D eigenvalue weighted by molar-refractivity contribution is 6.31. The number of aliphatic hydroxyl groups excluding tert-OH is 2. The van der Waals surface area contributed by atoms with Gasteiger partial charge in [-0.3, -0.25) is 24.2 Å². The number of carbonyl (C=O) groups excluding carboxylic acids is 3. The molecule has 0 amide bonds. The Balaban J connectivity index is 0.000000434. The SMILES string of the molecule is COc1cccc2c1C(=O)c1c(O)c3c(c(O)c1C2=O)C[C@@](O)(C(=O)CO)C[C@@H]3O[C@H]1C[C@H](N)[C@@H](O)[C@H](C)O1.O=c1ccn(F)c(=O)[nH]1. The molecular weight excluding hydrogens is 641 g/mol. The van der Waals surface area contributed by atoms with Crippen molar-refractivity contribution in [3.63, 3.8) is 0 Å². The molecule has 0 saturated carbocycles. The number of ether oxygens (including phenoxy) is 3. The zero-order valence-corrected chi connectivity index (χ0v) is 25.5. The lowest BCUT2D eigenvalue weighted by atomic mass is 9.72. The van der Waals surface area contributed by atoms with E-state index in [1.807, 2.05) is 0 Å². The molecule has 0 unspecified atom stereocenters. The van der Waals surface area contributed by atoms with E-state index in [2.05, 4.69) is 0 Å². The molecule has 2 aromatic carbocycles. The number of phenolic OH excluding ortho intramolecular Hbond substituents is 2. The number of nitrogens with zero attached hydrogens (tertiary/aromatic N) is 1. The standard InChI is InChI=1S/C27H29NO11.C4H3FN2O2/c1-10-22(31)13(28)6-17(38-10)39-15-8-27(36,16(30)9-29)7-12-19(15)26(35)21-20(24(12)33)23(32)11-4-3-5-14(37-2)18(11)25(21)34;5-7-2-1-3(8)6-4(7)9/h3-5,10,13,15,17,22,29,31,33,35-36H,6-9,28H2,1-2H3;1-2H,(H,6,8,9)/t10-,13-,15-,17-,22-,27-;/m0./s1. The van der Waals surface area contributed by atoms with Crippen molar-refractivity contribution in [3.05, 3.63) is 84.7 Å². The number of hydrogen-bond acceptors (Lipinski definition) is 14. The van der Waals surface area contributed by atoms with Crippen LogP contribution in [0.2, 0.25) is 0 Å². The first-order valence-electron chi connectivity index (χ1n) is 14.6. The Morgan fingerprint density at radius 1 is 1.12 bits per heavy atom. The Kier molecular flexibility index (Phi) is 9.37. The Morgan fingerprint density at radius 3 is 2.42 bits per heavy atom. The molecule has 1 saturated heterocycles. The Labute approximate surface area is 269 Å². The fourth-order valence-corrected chi connectivity index (χ4v) is 6.15. The van der Waals surface area contributed by atoms with Crippen LogP contribution in [-0.2, 0) is 20.7 Å². The number of phenols is 2. The highest BCUT2D eigenvalue weighted by Crippen LogP contribution is 2.52. The van der Waals surface area contributed by atoms with Crippen LogP contribution in [0.4, 0.5) is 4.48 Å². The number of hydrogen-bond donors (Lipinski definition) is 7. The molecule has 0 spiro atoms. The summed E-state index contributed by atoms with van der Waals surface area (Å²) in [6.45, 7) is 0.560. The van der Waals surface area contributed by atoms with Gasteiger partial charge in [0.1, 0.15) is 29.5 Å². The number of nitrogens with two attached hydrogens (primary N) is 1. The van der Waals surface area contributed by atoms with Crippen LogP contribution in [0, 0.1) is 0 Å². The van der Waals surface area contributed by atoms with Gasteiger partial charge in [0, 0.05) is 54.3 Å². The van der Waals surface area contributed by atoms with Gasteiger partial charge in [-0.05, 0) is 13.0 Å². The zero-order valence-electron chi connectivity index (χ0n) is 25.5. The van der Waals surface area contributed by atoms with Gasteiger partial charge in [-0.2, -0.15) is 0 Å². The predicted molar refractivity (Wildman–Crippen MR) is 160 cm³/mol. The van der Waals surface area contributed by atoms with Gasteiger partial charge in [0.25, 0.3) is 5.56 Å². The average molecular weight is 674 g/mol. The number of aromatic nitrogens is 2. The Hall–Kier alpha value is -4.78. The number of ketones is 3. The molecule has 3 aromatic rings. The third-order valence-electron chi connectivity index (χ3n) is 8.59. The topological polar surface area (TPSA) is 261 Å². The molecule has 2 aliphatic carbocycles. The monoisotopic (exact) mass is 673 g/mol. The first-order valence-corrected chi connectivity index (χ1v) is 14.6. The van der Waals surface area contributed by atoms with Gasteiger partial charge in [-0.1, -0.05) is 16.6 Å². The molecule has 48 heavy (non-hydrogen) atoms. The summed E-state index contributed by atoms with van der Waals surface area (Å²) in [5.74, 6) is -3.77. The van der Waals surface area contributed by atoms with Crippen LogP contribution in [0.25, 0.3) is 0 Å². The molecule has 17 heteroatoms. The van der Waals surface area contributed by atoms with E-state index in [9.17, 15) is 54.0 Å². The van der Waals surface area contributed by atoms with Crippen LogP contribution in [0.15, 0.2) is 40.1 Å². The number of Topliss-reactive ketones (excluding diaryl/α,β-unsaturated/α-hetero) is 1. The van der Waals surface area contributed by atoms with E-state index in [1.54, 1.807) is 11.9 Å². The average Bonchev–Trinajstić information content (AvgIpc) is 3.05. The lowest BCUT2D eigenvalue weighted by Crippen LogP contribution is -2.53. The number of carbonyl (C=O) groups is 3. The van der Waals surface area contributed by atoms with Gasteiger partial charge in [-0.15, -0.1) is 4.79 Å². The second-order valence-corrected chi connectivity index (χ2v) is 11.6. The molecule has 8 N–H and O–H groups in total. The normalized spacial score (nSPS) is 26.0. The lowest BCUT2D eigenvalue weighted by Gasteiger charge is -2.42. The molecule has 6 atom stereocenters. The number of rotatable bonds is 5. The summed E-state index contributed by atoms with van der Waals surface area (Å²) in [4.78, 5) is 61.6. The van der Waals surface area contributed by atoms with E-state index in [1.165, 1.54) is 25.3 Å². The van der Waals surface area contributed by atoms with Gasteiger partial charge in [0.05, 0.1) is 42.1 Å². The highest BCUT2D eigenvalue weighted by atomic mass is 19.2. The van der Waals surface area contributed by atoms with Crippen molar-refractivity contribution in [2.75, 3.05) is 13.7 Å². The molecule has 6 rings (SSSR count). The summed E-state index contributed by atoms with van der Waals surface area (Å²) < 4.78 is 28.9. The summed E-state index contributed by atoms with van der Waals surface area (Å²) in [5.41, 5.74) is 0.718. The number of methoxy groups -OCH3 is 1. The molecule has 256 valence electrons. The second kappa shape index (κ2) is 13.0. The number of aromatic amines is 1. The number of benzene rings is 2. The Morgan fingerprint density at radius 2 is 1.81 bits per heavy atom. The smallest absolute Gasteiger partial charge is 0.356 e. The summed E-state index contributed by atoms with van der Waals surface area (Å²) in [5, 5.41) is 53.7. The van der Waals surface area contributed by atoms with E-state index in [-0.39, 0.29) is 39.2 Å². The van der Waals surface area contributed by atoms with E-state index in [0.29, 0.717) is 0 Å². The largest absolute Gasteiger partial charge is 0.507 e. The van der Waals surface area contributed by atoms with E-state index < -0.39 is 107 Å². The molecular formula is C31H32FN3O13. The minimum absolute atomic E-state index is 0.0173. The minimum atomic E-state index is -2.24. The van der Waals surface area contributed by atoms with Crippen molar-refractivity contribution in [3.8, 4) is 17.2 Å².